The summed E-state index contributed by atoms with van der Waals surface area (Å²) in [7, 11) is 0. The highest BCUT2D eigenvalue weighted by Gasteiger charge is 2.03. The Morgan fingerprint density at radius 1 is 1.00 bits per heavy atom. The van der Waals surface area contributed by atoms with E-state index in [1.54, 1.807) is 12.4 Å². The number of aromatic nitrogens is 1. The molecule has 0 saturated heterocycles. The van der Waals surface area contributed by atoms with Gasteiger partial charge in [-0.1, -0.05) is 42.5 Å². The third-order valence-corrected chi connectivity index (χ3v) is 3.27. The fourth-order valence-corrected chi connectivity index (χ4v) is 2.23. The van der Waals surface area contributed by atoms with E-state index < -0.39 is 0 Å². The number of pyridine rings is 1. The van der Waals surface area contributed by atoms with E-state index in [0.29, 0.717) is 0 Å². The number of unbranched alkanes of at least 4 members (excludes halogenated alkanes) is 3. The first-order valence-corrected chi connectivity index (χ1v) is 7.23. The summed E-state index contributed by atoms with van der Waals surface area (Å²) in [4.78, 5) is 4.21. The summed E-state index contributed by atoms with van der Waals surface area (Å²) < 4.78 is 0. The summed E-state index contributed by atoms with van der Waals surface area (Å²) in [5.74, 6) is 0. The lowest BCUT2D eigenvalue weighted by atomic mass is 9.97. The monoisotopic (exact) mass is 280 g/mol. The molecule has 0 fully saturated rings. The molecule has 1 aromatic carbocycles. The molecule has 1 N–H and O–H groups in total. The van der Waals surface area contributed by atoms with Gasteiger partial charge in [-0.05, 0) is 42.9 Å². The van der Waals surface area contributed by atoms with Crippen molar-refractivity contribution in [2.75, 3.05) is 0 Å². The van der Waals surface area contributed by atoms with Crippen LogP contribution in [-0.4, -0.2) is 16.4 Å². The first-order chi connectivity index (χ1) is 10.4. The van der Waals surface area contributed by atoms with E-state index in [1.165, 1.54) is 11.1 Å². The quantitative estimate of drug-likeness (QED) is 0.350. The molecule has 0 radical (unpaired) electrons. The Kier molecular flexibility index (Phi) is 6.20. The average molecular weight is 280 g/mol. The van der Waals surface area contributed by atoms with E-state index in [0.717, 1.165) is 31.2 Å². The Balaban J connectivity index is 2.10. The second-order valence-corrected chi connectivity index (χ2v) is 4.81. The zero-order chi connectivity index (χ0) is 14.8. The highest BCUT2D eigenvalue weighted by Crippen LogP contribution is 2.23. The van der Waals surface area contributed by atoms with Crippen LogP contribution in [0.3, 0.4) is 0 Å². The van der Waals surface area contributed by atoms with Gasteiger partial charge in [-0.15, -0.1) is 5.16 Å². The van der Waals surface area contributed by atoms with Gasteiger partial charge in [0.15, 0.2) is 0 Å². The van der Waals surface area contributed by atoms with E-state index in [2.05, 4.69) is 46.5 Å². The second kappa shape index (κ2) is 8.69. The van der Waals surface area contributed by atoms with Crippen LogP contribution in [0.5, 0.6) is 0 Å². The lowest BCUT2D eigenvalue weighted by Gasteiger charge is -2.08. The van der Waals surface area contributed by atoms with Crippen molar-refractivity contribution >= 4 is 11.8 Å². The molecule has 0 unspecified atom stereocenters. The van der Waals surface area contributed by atoms with Gasteiger partial charge in [0.25, 0.3) is 0 Å². The van der Waals surface area contributed by atoms with Gasteiger partial charge >= 0.3 is 0 Å². The Labute approximate surface area is 125 Å². The van der Waals surface area contributed by atoms with Crippen molar-refractivity contribution in [3.05, 3.63) is 72.1 Å². The molecule has 1 heterocycles. The number of hydrogen-bond acceptors (Lipinski definition) is 3. The Morgan fingerprint density at radius 2 is 1.76 bits per heavy atom. The summed E-state index contributed by atoms with van der Waals surface area (Å²) in [6.45, 7) is 0. The molecule has 0 bridgehead atoms. The van der Waals surface area contributed by atoms with Crippen molar-refractivity contribution in [1.82, 2.24) is 4.98 Å². The van der Waals surface area contributed by atoms with Crippen LogP contribution in [0.4, 0.5) is 0 Å². The van der Waals surface area contributed by atoms with Crippen molar-refractivity contribution in [3.8, 4) is 0 Å². The molecular weight excluding hydrogens is 260 g/mol. The van der Waals surface area contributed by atoms with Gasteiger partial charge in [0.05, 0.1) is 0 Å². The van der Waals surface area contributed by atoms with Gasteiger partial charge in [0.2, 0.25) is 0 Å². The minimum absolute atomic E-state index is 0.817. The zero-order valence-corrected chi connectivity index (χ0v) is 12.0. The summed E-state index contributed by atoms with van der Waals surface area (Å²) in [5.41, 5.74) is 3.57. The van der Waals surface area contributed by atoms with Crippen molar-refractivity contribution < 1.29 is 5.21 Å². The van der Waals surface area contributed by atoms with Crippen molar-refractivity contribution in [2.45, 2.75) is 25.7 Å². The van der Waals surface area contributed by atoms with E-state index in [9.17, 15) is 0 Å². The number of rotatable bonds is 7. The van der Waals surface area contributed by atoms with Crippen LogP contribution in [0.2, 0.25) is 0 Å². The molecule has 0 saturated carbocycles. The second-order valence-electron chi connectivity index (χ2n) is 4.81. The minimum atomic E-state index is 0.817. The summed E-state index contributed by atoms with van der Waals surface area (Å²) in [6, 6.07) is 14.4. The van der Waals surface area contributed by atoms with Gasteiger partial charge in [0, 0.05) is 24.2 Å². The molecule has 2 rings (SSSR count). The lowest BCUT2D eigenvalue weighted by Crippen LogP contribution is -1.89. The van der Waals surface area contributed by atoms with E-state index in [1.807, 2.05) is 18.3 Å². The van der Waals surface area contributed by atoms with Gasteiger partial charge < -0.3 is 5.21 Å². The third-order valence-electron chi connectivity index (χ3n) is 3.27. The Bertz CT molecular complexity index is 535. The van der Waals surface area contributed by atoms with E-state index in [-0.39, 0.29) is 0 Å². The van der Waals surface area contributed by atoms with Crippen LogP contribution in [0.1, 0.15) is 36.8 Å². The number of allylic oxidation sites excluding steroid dienone is 1. The molecule has 1 aromatic heterocycles. The van der Waals surface area contributed by atoms with Crippen LogP contribution >= 0.6 is 0 Å². The van der Waals surface area contributed by atoms with E-state index >= 15 is 0 Å². The fraction of sp³-hybridized carbons (Fsp3) is 0.222. The van der Waals surface area contributed by atoms with E-state index in [4.69, 9.17) is 5.21 Å². The predicted octanol–water partition coefficient (Wildman–Crippen LogP) is 4.53. The summed E-state index contributed by atoms with van der Waals surface area (Å²) in [5, 5.41) is 11.4. The lowest BCUT2D eigenvalue weighted by molar-refractivity contribution is 0.320. The van der Waals surface area contributed by atoms with Gasteiger partial charge in [-0.2, -0.15) is 0 Å². The predicted molar refractivity (Wildman–Crippen MR) is 86.5 cm³/mol. The summed E-state index contributed by atoms with van der Waals surface area (Å²) >= 11 is 0. The van der Waals surface area contributed by atoms with Gasteiger partial charge in [-0.3, -0.25) is 4.98 Å². The third kappa shape index (κ3) is 4.88. The van der Waals surface area contributed by atoms with Crippen LogP contribution < -0.4 is 0 Å². The van der Waals surface area contributed by atoms with Crippen molar-refractivity contribution in [3.63, 3.8) is 0 Å². The van der Waals surface area contributed by atoms with Crippen LogP contribution in [0.15, 0.2) is 66.1 Å². The SMILES string of the molecule is ON=CCCCCC=C(c1ccccc1)c1cccnc1. The maximum absolute atomic E-state index is 8.36. The first-order valence-electron chi connectivity index (χ1n) is 7.23. The van der Waals surface area contributed by atoms with Crippen LogP contribution in [0.25, 0.3) is 5.57 Å². The van der Waals surface area contributed by atoms with Gasteiger partial charge in [-0.25, -0.2) is 0 Å². The normalized spacial score (nSPS) is 11.9. The maximum atomic E-state index is 8.36. The van der Waals surface area contributed by atoms with Crippen LogP contribution in [-0.2, 0) is 0 Å². The molecule has 0 aliphatic heterocycles. The molecule has 0 spiro atoms. The van der Waals surface area contributed by atoms with Gasteiger partial charge in [0.1, 0.15) is 0 Å². The average Bonchev–Trinajstić information content (AvgIpc) is 2.56. The number of oxime groups is 1. The molecule has 21 heavy (non-hydrogen) atoms. The Hall–Kier alpha value is -2.42. The smallest absolute Gasteiger partial charge is 0.0435 e. The van der Waals surface area contributed by atoms with Crippen molar-refractivity contribution in [1.29, 1.82) is 0 Å². The number of benzene rings is 1. The standard InChI is InChI=1S/C18H20N2O/c21-20-14-7-2-1-6-12-18(16-9-4-3-5-10-16)17-11-8-13-19-15-17/h3-5,8-15,21H,1-2,6-7H2. The number of hydrogen-bond donors (Lipinski definition) is 1. The highest BCUT2D eigenvalue weighted by atomic mass is 16.4. The molecule has 2 aromatic rings. The van der Waals surface area contributed by atoms with Crippen LogP contribution in [0, 0.1) is 0 Å². The minimum Gasteiger partial charge on any atom is -0.411 e. The molecule has 0 aliphatic rings. The highest BCUT2D eigenvalue weighted by molar-refractivity contribution is 5.79. The molecule has 3 nitrogen and oxygen atoms in total. The summed E-state index contributed by atoms with van der Waals surface area (Å²) in [6.07, 6.45) is 11.4. The van der Waals surface area contributed by atoms with Crippen molar-refractivity contribution in [2.24, 2.45) is 5.16 Å². The maximum Gasteiger partial charge on any atom is 0.0435 e. The molecule has 0 atom stereocenters. The zero-order valence-electron chi connectivity index (χ0n) is 12.0. The molecule has 108 valence electrons. The topological polar surface area (TPSA) is 45.5 Å². The molecule has 3 heteroatoms. The fourth-order valence-electron chi connectivity index (χ4n) is 2.23. The number of nitrogens with zero attached hydrogens (tertiary/aromatic N) is 2. The molecule has 0 amide bonds. The largest absolute Gasteiger partial charge is 0.411 e. The Morgan fingerprint density at radius 3 is 2.48 bits per heavy atom. The molecule has 0 aliphatic carbocycles. The molecular formula is C18H20N2O. The first kappa shape index (κ1) is 15.0.